The Kier molecular flexibility index (Phi) is 7.03. The van der Waals surface area contributed by atoms with E-state index in [1.165, 1.54) is 19.2 Å². The van der Waals surface area contributed by atoms with E-state index < -0.39 is 0 Å². The van der Waals surface area contributed by atoms with Gasteiger partial charge in [0.05, 0.1) is 20.8 Å². The van der Waals surface area contributed by atoms with Crippen molar-refractivity contribution in [3.05, 3.63) is 47.3 Å². The number of halogens is 1. The molecular weight excluding hydrogens is 342 g/mol. The summed E-state index contributed by atoms with van der Waals surface area (Å²) >= 11 is 0. The Hall–Kier alpha value is -1.84. The molecule has 4 nitrogen and oxygen atoms in total. The van der Waals surface area contributed by atoms with E-state index in [1.54, 1.807) is 19.2 Å². The maximum absolute atomic E-state index is 13.4. The molecule has 2 aromatic carbocycles. The molecule has 2 unspecified atom stereocenters. The molecule has 0 aromatic heterocycles. The van der Waals surface area contributed by atoms with Crippen molar-refractivity contribution >= 4 is 13.9 Å². The van der Waals surface area contributed by atoms with Crippen LogP contribution in [-0.4, -0.2) is 24.4 Å². The number of aliphatic hydroxyl groups is 1. The molecule has 0 spiro atoms. The molecule has 2 rings (SSSR count). The van der Waals surface area contributed by atoms with Crippen molar-refractivity contribution in [3.63, 3.8) is 0 Å². The maximum Gasteiger partial charge on any atom is 0.164 e. The minimum Gasteiger partial charge on any atom is -0.504 e. The van der Waals surface area contributed by atoms with Gasteiger partial charge in [-0.1, -0.05) is 28.0 Å². The van der Waals surface area contributed by atoms with E-state index in [0.717, 1.165) is 23.7 Å². The topological polar surface area (TPSA) is 58.9 Å². The Bertz CT molecular complexity index is 721. The third kappa shape index (κ3) is 4.62. The quantitative estimate of drug-likeness (QED) is 0.696. The first-order valence-electron chi connectivity index (χ1n) is 8.14. The van der Waals surface area contributed by atoms with E-state index >= 15 is 0 Å². The summed E-state index contributed by atoms with van der Waals surface area (Å²) in [5.41, 5.74) is 1.34. The van der Waals surface area contributed by atoms with Gasteiger partial charge in [-0.2, -0.15) is 0 Å². The fourth-order valence-corrected chi connectivity index (χ4v) is 4.46. The van der Waals surface area contributed by atoms with Crippen molar-refractivity contribution in [1.82, 2.24) is 0 Å². The highest BCUT2D eigenvalue weighted by molar-refractivity contribution is 7.47. The number of phenols is 1. The lowest BCUT2D eigenvalue weighted by molar-refractivity contribution is 0.282. The zero-order valence-corrected chi connectivity index (χ0v) is 15.7. The average Bonchev–Trinajstić information content (AvgIpc) is 2.62. The highest BCUT2D eigenvalue weighted by atomic mass is 31.1. The molecular formula is C19H24FO4P. The highest BCUT2D eigenvalue weighted by Gasteiger charge is 2.21. The van der Waals surface area contributed by atoms with Crippen LogP contribution in [0.1, 0.15) is 36.6 Å². The molecule has 2 N–H and O–H groups in total. The molecule has 0 saturated carbocycles. The minimum absolute atomic E-state index is 0.0183. The van der Waals surface area contributed by atoms with Crippen LogP contribution in [0.2, 0.25) is 0 Å². The standard InChI is InChI=1S/C19H24FO4P/c1-4-5-18(25-17-7-6-13(20)8-12(17)11-21)15-9-14(23-2)10-16(24-3)19(15)22/h6-10,18,21-22,25H,4-5,11H2,1-3H3. The second kappa shape index (κ2) is 9.02. The van der Waals surface area contributed by atoms with E-state index in [2.05, 4.69) is 6.92 Å². The lowest BCUT2D eigenvalue weighted by Crippen LogP contribution is -2.08. The predicted molar refractivity (Wildman–Crippen MR) is 99.1 cm³/mol. The van der Waals surface area contributed by atoms with Gasteiger partial charge in [-0.15, -0.1) is 0 Å². The van der Waals surface area contributed by atoms with Crippen molar-refractivity contribution in [2.45, 2.75) is 32.0 Å². The second-order valence-electron chi connectivity index (χ2n) is 5.71. The number of rotatable bonds is 8. The van der Waals surface area contributed by atoms with Gasteiger partial charge < -0.3 is 19.7 Å². The average molecular weight is 366 g/mol. The number of aliphatic hydroxyl groups excluding tert-OH is 1. The van der Waals surface area contributed by atoms with Crippen LogP contribution in [0.25, 0.3) is 0 Å². The Morgan fingerprint density at radius 2 is 1.92 bits per heavy atom. The molecule has 0 heterocycles. The fraction of sp³-hybridized carbons (Fsp3) is 0.368. The van der Waals surface area contributed by atoms with Crippen molar-refractivity contribution in [3.8, 4) is 17.2 Å². The summed E-state index contributed by atoms with van der Waals surface area (Å²) in [6.07, 6.45) is 1.76. The number of hydrogen-bond donors (Lipinski definition) is 2. The Balaban J connectivity index is 2.45. The van der Waals surface area contributed by atoms with Gasteiger partial charge in [-0.25, -0.2) is 4.39 Å². The molecule has 6 heteroatoms. The molecule has 0 aliphatic heterocycles. The molecule has 2 aromatic rings. The lowest BCUT2D eigenvalue weighted by Gasteiger charge is -2.21. The first kappa shape index (κ1) is 19.5. The van der Waals surface area contributed by atoms with E-state index in [0.29, 0.717) is 17.1 Å². The van der Waals surface area contributed by atoms with E-state index in [1.807, 2.05) is 6.07 Å². The Morgan fingerprint density at radius 1 is 1.16 bits per heavy atom. The molecule has 0 fully saturated rings. The fourth-order valence-electron chi connectivity index (χ4n) is 2.76. The maximum atomic E-state index is 13.4. The Morgan fingerprint density at radius 3 is 2.52 bits per heavy atom. The van der Waals surface area contributed by atoms with Gasteiger partial charge in [0, 0.05) is 17.3 Å². The Labute approximate surface area is 149 Å². The number of benzene rings is 2. The smallest absolute Gasteiger partial charge is 0.164 e. The minimum atomic E-state index is -0.365. The van der Waals surface area contributed by atoms with Crippen LogP contribution in [0.5, 0.6) is 17.2 Å². The van der Waals surface area contributed by atoms with Gasteiger partial charge in [0.2, 0.25) is 0 Å². The summed E-state index contributed by atoms with van der Waals surface area (Å²) in [5.74, 6) is 0.705. The van der Waals surface area contributed by atoms with E-state index in [-0.39, 0.29) is 32.4 Å². The molecule has 0 aliphatic carbocycles. The zero-order chi connectivity index (χ0) is 18.4. The molecule has 0 radical (unpaired) electrons. The summed E-state index contributed by atoms with van der Waals surface area (Å²) in [5, 5.41) is 21.0. The molecule has 0 saturated heterocycles. The second-order valence-corrected chi connectivity index (χ2v) is 7.24. The highest BCUT2D eigenvalue weighted by Crippen LogP contribution is 2.47. The summed E-state index contributed by atoms with van der Waals surface area (Å²) in [7, 11) is 3.34. The van der Waals surface area contributed by atoms with Crippen LogP contribution >= 0.6 is 8.58 Å². The van der Waals surface area contributed by atoms with Crippen molar-refractivity contribution in [1.29, 1.82) is 0 Å². The van der Waals surface area contributed by atoms with E-state index in [9.17, 15) is 14.6 Å². The number of ether oxygens (including phenoxy) is 2. The number of hydrogen-bond acceptors (Lipinski definition) is 4. The van der Waals surface area contributed by atoms with Crippen LogP contribution in [-0.2, 0) is 6.61 Å². The van der Waals surface area contributed by atoms with Crippen LogP contribution < -0.4 is 14.8 Å². The van der Waals surface area contributed by atoms with Crippen molar-refractivity contribution in [2.24, 2.45) is 0 Å². The van der Waals surface area contributed by atoms with Crippen LogP contribution in [0.15, 0.2) is 30.3 Å². The number of aromatic hydroxyl groups is 1. The molecule has 0 amide bonds. The third-order valence-corrected chi connectivity index (χ3v) is 5.80. The normalized spacial score (nSPS) is 12.5. The number of methoxy groups -OCH3 is 2. The molecule has 0 aliphatic rings. The predicted octanol–water partition coefficient (Wildman–Crippen LogP) is 3.89. The molecule has 25 heavy (non-hydrogen) atoms. The van der Waals surface area contributed by atoms with Crippen LogP contribution in [0, 0.1) is 5.82 Å². The molecule has 2 atom stereocenters. The lowest BCUT2D eigenvalue weighted by atomic mass is 10.1. The first-order valence-corrected chi connectivity index (χ1v) is 9.22. The molecule has 0 bridgehead atoms. The van der Waals surface area contributed by atoms with Crippen LogP contribution in [0.4, 0.5) is 4.39 Å². The van der Waals surface area contributed by atoms with Gasteiger partial charge in [-0.3, -0.25) is 0 Å². The van der Waals surface area contributed by atoms with Gasteiger partial charge >= 0.3 is 0 Å². The summed E-state index contributed by atoms with van der Waals surface area (Å²) < 4.78 is 24.0. The number of phenolic OH excluding ortho intramolecular Hbond substituents is 1. The largest absolute Gasteiger partial charge is 0.504 e. The van der Waals surface area contributed by atoms with Gasteiger partial charge in [0.25, 0.3) is 0 Å². The first-order chi connectivity index (χ1) is 12.0. The van der Waals surface area contributed by atoms with Crippen molar-refractivity contribution in [2.75, 3.05) is 14.2 Å². The third-order valence-electron chi connectivity index (χ3n) is 4.05. The SMILES string of the molecule is CCCC(Pc1ccc(F)cc1CO)c1cc(OC)cc(OC)c1O. The van der Waals surface area contributed by atoms with Crippen molar-refractivity contribution < 1.29 is 24.1 Å². The van der Waals surface area contributed by atoms with Crippen LogP contribution in [0.3, 0.4) is 0 Å². The van der Waals surface area contributed by atoms with E-state index in [4.69, 9.17) is 9.47 Å². The van der Waals surface area contributed by atoms with Gasteiger partial charge in [-0.05, 0) is 35.5 Å². The summed E-state index contributed by atoms with van der Waals surface area (Å²) in [4.78, 5) is 0. The summed E-state index contributed by atoms with van der Waals surface area (Å²) in [6.45, 7) is 1.86. The van der Waals surface area contributed by atoms with Gasteiger partial charge in [0.1, 0.15) is 11.6 Å². The summed E-state index contributed by atoms with van der Waals surface area (Å²) in [6, 6.07) is 7.92. The monoisotopic (exact) mass is 366 g/mol. The zero-order valence-electron chi connectivity index (χ0n) is 14.7. The van der Waals surface area contributed by atoms with Gasteiger partial charge in [0.15, 0.2) is 11.5 Å². The molecule has 136 valence electrons.